The summed E-state index contributed by atoms with van der Waals surface area (Å²) >= 11 is 0. The van der Waals surface area contributed by atoms with E-state index in [4.69, 9.17) is 33.7 Å². The molecule has 0 radical (unpaired) electrons. The Labute approximate surface area is 471 Å². The molecule has 1 saturated heterocycles. The maximum Gasteiger partial charge on any atom is 0.260 e. The highest BCUT2D eigenvalue weighted by molar-refractivity contribution is 6.21. The van der Waals surface area contributed by atoms with Crippen molar-refractivity contribution >= 4 is 82.4 Å². The van der Waals surface area contributed by atoms with Crippen molar-refractivity contribution in [1.82, 2.24) is 25.3 Å². The number of β-lactam (4-membered cyclic amide) rings is 2. The summed E-state index contributed by atoms with van der Waals surface area (Å²) in [7, 11) is 6.58. The molecule has 0 saturated carbocycles. The van der Waals surface area contributed by atoms with Gasteiger partial charge in [-0.15, -0.1) is 0 Å². The molecule has 20 nitrogen and oxygen atoms in total. The Morgan fingerprint density at radius 2 is 1.43 bits per heavy atom. The fourth-order valence-electron chi connectivity index (χ4n) is 9.89. The van der Waals surface area contributed by atoms with E-state index in [1.165, 1.54) is 19.1 Å². The van der Waals surface area contributed by atoms with Crippen LogP contribution in [0.15, 0.2) is 95.2 Å². The number of methoxy groups -OCH3 is 3. The molecule has 3 atom stereocenters. The molecule has 4 aliphatic rings. The summed E-state index contributed by atoms with van der Waals surface area (Å²) in [5.41, 5.74) is 5.19. The SMILES string of the molecule is COc1ccc(C2=CN3C(=O)c4cc(OC)c(OCCCOc5cc(N=CC6CC(c7ccc(NC(=O)CNC(=O)C(NC(=O)CCCCCN8C(=O)C(C)(C)C8=O)C(C)C)cc7)=CN6C)c(C=O)cc5OC)cc4N=CC3C2)cc1. The lowest BCUT2D eigenvalue weighted by Crippen LogP contribution is -2.63. The molecular formula is C61H70N8O12. The zero-order valence-electron chi connectivity index (χ0n) is 47.0. The second kappa shape index (κ2) is 26.0. The molecule has 20 heteroatoms. The quantitative estimate of drug-likeness (QED) is 0.0178. The third-order valence-corrected chi connectivity index (χ3v) is 14.7. The van der Waals surface area contributed by atoms with E-state index < -0.39 is 23.3 Å². The van der Waals surface area contributed by atoms with Gasteiger partial charge in [-0.25, -0.2) is 0 Å². The molecule has 8 rings (SSSR count). The predicted octanol–water partition coefficient (Wildman–Crippen LogP) is 7.94. The molecule has 6 amide bonds. The van der Waals surface area contributed by atoms with Gasteiger partial charge in [0.25, 0.3) is 5.91 Å². The van der Waals surface area contributed by atoms with Crippen molar-refractivity contribution < 1.29 is 57.2 Å². The molecule has 0 aromatic heterocycles. The number of rotatable bonds is 26. The van der Waals surface area contributed by atoms with Crippen molar-refractivity contribution in [3.8, 4) is 28.7 Å². The third kappa shape index (κ3) is 13.6. The number of carbonyl (C=O) groups is 7. The first-order valence-electron chi connectivity index (χ1n) is 27.1. The van der Waals surface area contributed by atoms with Gasteiger partial charge in [0.05, 0.1) is 70.1 Å². The van der Waals surface area contributed by atoms with E-state index in [1.807, 2.05) is 60.7 Å². The molecule has 0 spiro atoms. The first-order chi connectivity index (χ1) is 38.9. The van der Waals surface area contributed by atoms with Gasteiger partial charge in [0.15, 0.2) is 29.3 Å². The molecule has 1 fully saturated rings. The first-order valence-corrected chi connectivity index (χ1v) is 27.1. The Hall–Kier alpha value is -8.81. The number of fused-ring (bicyclic) bond motifs is 2. The van der Waals surface area contributed by atoms with Crippen LogP contribution in [-0.4, -0.2) is 142 Å². The van der Waals surface area contributed by atoms with Gasteiger partial charge in [0.2, 0.25) is 29.5 Å². The average molecular weight is 1110 g/mol. The number of likely N-dealkylation sites (tertiary alicyclic amines) is 1. The molecule has 0 bridgehead atoms. The fourth-order valence-corrected chi connectivity index (χ4v) is 9.89. The van der Waals surface area contributed by atoms with Crippen LogP contribution in [0.2, 0.25) is 0 Å². The molecule has 81 heavy (non-hydrogen) atoms. The monoisotopic (exact) mass is 1110 g/mol. The van der Waals surface area contributed by atoms with Crippen LogP contribution >= 0.6 is 0 Å². The van der Waals surface area contributed by atoms with Crippen molar-refractivity contribution in [3.63, 3.8) is 0 Å². The standard InChI is InChI=1S/C61H70N8O12/c1-37(2)56(66-54(71)13-10-9-11-22-68-59(75)61(3,4)60(68)76)57(73)64-33-55(72)65-43-18-14-38(15-19-43)40-25-44(67(5)34-40)31-62-48-29-52(50(78-7)27-42(48)36-70)80-23-12-24-81-53-30-49-47(28-51(53)79-8)58(74)69-35-41(26-45(69)32-63-49)39-16-20-46(77-6)21-17-39/h14-21,27-32,34-37,44-45,56H,9-13,22-26,33H2,1-8H3,(H,64,73)(H,65,72)(H,66,71). The molecule has 3 unspecified atom stereocenters. The number of amides is 6. The lowest BCUT2D eigenvalue weighted by Gasteiger charge is -2.41. The molecular weight excluding hydrogens is 1040 g/mol. The Balaban J connectivity index is 0.780. The first kappa shape index (κ1) is 58.3. The van der Waals surface area contributed by atoms with Crippen molar-refractivity contribution in [2.45, 2.75) is 90.8 Å². The van der Waals surface area contributed by atoms with Gasteiger partial charge in [0, 0.05) is 81.1 Å². The third-order valence-electron chi connectivity index (χ3n) is 14.7. The zero-order chi connectivity index (χ0) is 58.0. The summed E-state index contributed by atoms with van der Waals surface area (Å²) in [6, 6.07) is 20.5. The van der Waals surface area contributed by atoms with E-state index in [9.17, 15) is 33.6 Å². The van der Waals surface area contributed by atoms with Crippen LogP contribution < -0.4 is 39.6 Å². The summed E-state index contributed by atoms with van der Waals surface area (Å²) in [5, 5.41) is 8.22. The summed E-state index contributed by atoms with van der Waals surface area (Å²) in [5.74, 6) is 0.346. The summed E-state index contributed by atoms with van der Waals surface area (Å²) in [4.78, 5) is 104. The predicted molar refractivity (Wildman–Crippen MR) is 307 cm³/mol. The van der Waals surface area contributed by atoms with Gasteiger partial charge < -0.3 is 49.4 Å². The van der Waals surface area contributed by atoms with Crippen molar-refractivity contribution in [2.24, 2.45) is 21.3 Å². The number of benzene rings is 4. The minimum absolute atomic E-state index is 0.139. The number of ether oxygens (including phenoxy) is 5. The minimum Gasteiger partial charge on any atom is -0.497 e. The van der Waals surface area contributed by atoms with Gasteiger partial charge in [-0.3, -0.25) is 48.4 Å². The van der Waals surface area contributed by atoms with Crippen LogP contribution in [0.1, 0.15) is 104 Å². The number of nitrogens with one attached hydrogen (secondary N) is 3. The number of aliphatic imine (C=N–C) groups is 2. The normalized spacial score (nSPS) is 17.4. The molecule has 3 N–H and O–H groups in total. The maximum absolute atomic E-state index is 13.9. The maximum atomic E-state index is 13.9. The van der Waals surface area contributed by atoms with Gasteiger partial charge in [-0.2, -0.15) is 0 Å². The highest BCUT2D eigenvalue weighted by atomic mass is 16.5. The number of carbonyl (C=O) groups excluding carboxylic acids is 7. The molecule has 4 aromatic rings. The smallest absolute Gasteiger partial charge is 0.260 e. The van der Waals surface area contributed by atoms with Crippen molar-refractivity contribution in [3.05, 3.63) is 107 Å². The van der Waals surface area contributed by atoms with Crippen LogP contribution in [0.25, 0.3) is 11.1 Å². The van der Waals surface area contributed by atoms with E-state index in [-0.39, 0.29) is 67.8 Å². The van der Waals surface area contributed by atoms with Crippen LogP contribution in [0.5, 0.6) is 28.7 Å². The summed E-state index contributed by atoms with van der Waals surface area (Å²) in [6.07, 6.45) is 11.8. The molecule has 4 aromatic carbocycles. The lowest BCUT2D eigenvalue weighted by molar-refractivity contribution is -0.174. The molecule has 426 valence electrons. The van der Waals surface area contributed by atoms with Crippen LogP contribution in [0.3, 0.4) is 0 Å². The Morgan fingerprint density at radius 3 is 2.09 bits per heavy atom. The minimum atomic E-state index is -0.954. The number of aldehydes is 1. The Bertz CT molecular complexity index is 3150. The van der Waals surface area contributed by atoms with E-state index in [0.29, 0.717) is 96.3 Å². The van der Waals surface area contributed by atoms with E-state index in [0.717, 1.165) is 34.3 Å². The number of hydrogen-bond acceptors (Lipinski definition) is 15. The van der Waals surface area contributed by atoms with E-state index >= 15 is 0 Å². The average Bonchev–Trinajstić information content (AvgIpc) is 4.20. The Morgan fingerprint density at radius 1 is 0.778 bits per heavy atom. The van der Waals surface area contributed by atoms with Crippen LogP contribution in [0, 0.1) is 11.3 Å². The highest BCUT2D eigenvalue weighted by Gasteiger charge is 2.53. The fraction of sp³-hybridized carbons (Fsp3) is 0.393. The van der Waals surface area contributed by atoms with E-state index in [1.54, 1.807) is 88.5 Å². The van der Waals surface area contributed by atoms with E-state index in [2.05, 4.69) is 16.0 Å². The number of imide groups is 1. The molecule has 4 aliphatic heterocycles. The van der Waals surface area contributed by atoms with Crippen molar-refractivity contribution in [1.29, 1.82) is 0 Å². The zero-order valence-corrected chi connectivity index (χ0v) is 47.0. The summed E-state index contributed by atoms with van der Waals surface area (Å²) < 4.78 is 28.9. The highest BCUT2D eigenvalue weighted by Crippen LogP contribution is 2.41. The summed E-state index contributed by atoms with van der Waals surface area (Å²) in [6.45, 7) is 7.34. The molecule has 4 heterocycles. The van der Waals surface area contributed by atoms with Crippen LogP contribution in [-0.2, 0) is 24.0 Å². The molecule has 0 aliphatic carbocycles. The van der Waals surface area contributed by atoms with Gasteiger partial charge in [-0.1, -0.05) is 44.5 Å². The second-order valence-electron chi connectivity index (χ2n) is 21.1. The van der Waals surface area contributed by atoms with Gasteiger partial charge in [0.1, 0.15) is 17.2 Å². The largest absolute Gasteiger partial charge is 0.497 e. The van der Waals surface area contributed by atoms with Crippen LogP contribution in [0.4, 0.5) is 17.1 Å². The van der Waals surface area contributed by atoms with Gasteiger partial charge in [-0.05, 0) is 97.7 Å². The Kier molecular flexibility index (Phi) is 18.7. The number of anilines is 1. The number of nitrogens with zero attached hydrogens (tertiary/aromatic N) is 5. The van der Waals surface area contributed by atoms with Gasteiger partial charge >= 0.3 is 0 Å². The second-order valence-corrected chi connectivity index (χ2v) is 21.1. The topological polar surface area (TPSA) is 236 Å². The number of unbranched alkanes of at least 4 members (excludes halogenated alkanes) is 2. The number of hydrogen-bond donors (Lipinski definition) is 3. The van der Waals surface area contributed by atoms with Crippen molar-refractivity contribution in [2.75, 3.05) is 60.0 Å². The lowest BCUT2D eigenvalue weighted by atomic mass is 9.82.